The number of hydrogen-bond donors (Lipinski definition) is 6. The number of hydrogen-bond acceptors (Lipinski definition) is 7. The molecule has 0 heterocycles. The molecule has 11 nitrogen and oxygen atoms in total. The molecule has 0 aromatic heterocycles. The Labute approximate surface area is 144 Å². The van der Waals surface area contributed by atoms with Gasteiger partial charge >= 0.3 is 11.9 Å². The van der Waals surface area contributed by atoms with Gasteiger partial charge in [0, 0.05) is 0 Å². The smallest absolute Gasteiger partial charge is 0.339 e. The second-order valence-electron chi connectivity index (χ2n) is 6.13. The van der Waals surface area contributed by atoms with Crippen molar-refractivity contribution in [3.8, 4) is 0 Å². The third-order valence-electron chi connectivity index (χ3n) is 3.34. The van der Waals surface area contributed by atoms with E-state index in [4.69, 9.17) is 15.9 Å². The number of aliphatic hydroxyl groups is 1. The van der Waals surface area contributed by atoms with Crippen LogP contribution in [0.15, 0.2) is 0 Å². The van der Waals surface area contributed by atoms with Gasteiger partial charge in [-0.3, -0.25) is 14.4 Å². The molecule has 0 bridgehead atoms. The second-order valence-corrected chi connectivity index (χ2v) is 6.13. The van der Waals surface area contributed by atoms with Crippen molar-refractivity contribution in [2.24, 2.45) is 17.6 Å². The summed E-state index contributed by atoms with van der Waals surface area (Å²) in [5.41, 5.74) is 7.45. The number of nitrogens with one attached hydrogen (secondary N) is 2. The predicted octanol–water partition coefficient (Wildman–Crippen LogP) is -1.94. The van der Waals surface area contributed by atoms with Crippen molar-refractivity contribution in [2.45, 2.75) is 52.0 Å². The lowest BCUT2D eigenvalue weighted by Crippen LogP contribution is -2.56. The van der Waals surface area contributed by atoms with Crippen LogP contribution in [0.1, 0.15) is 27.7 Å². The first-order valence-electron chi connectivity index (χ1n) is 7.55. The molecule has 0 aromatic rings. The van der Waals surface area contributed by atoms with Crippen LogP contribution in [-0.2, 0) is 24.0 Å². The van der Waals surface area contributed by atoms with E-state index >= 15 is 0 Å². The third-order valence-corrected chi connectivity index (χ3v) is 3.34. The molecule has 0 aliphatic carbocycles. The normalized spacial score (nSPS) is 16.0. The van der Waals surface area contributed by atoms with Gasteiger partial charge in [-0.05, 0) is 11.8 Å². The molecule has 0 rings (SSSR count). The summed E-state index contributed by atoms with van der Waals surface area (Å²) in [5, 5.41) is 29.1. The number of rotatable bonds is 10. The number of carbonyl (C=O) groups is 4. The molecule has 0 fully saturated rings. The van der Waals surface area contributed by atoms with E-state index in [1.807, 2.05) is 0 Å². The number of amides is 2. The third kappa shape index (κ3) is 7.03. The minimum atomic E-state index is -2.39. The van der Waals surface area contributed by atoms with E-state index in [1.165, 1.54) is 0 Å². The summed E-state index contributed by atoms with van der Waals surface area (Å²) in [6.45, 7) is 6.68. The molecule has 4 atom stereocenters. The van der Waals surface area contributed by atoms with Gasteiger partial charge in [0.15, 0.2) is 6.10 Å². The van der Waals surface area contributed by atoms with E-state index in [0.717, 1.165) is 0 Å². The van der Waals surface area contributed by atoms with E-state index < -0.39 is 54.0 Å². The lowest BCUT2D eigenvalue weighted by atomic mass is 10.0. The Morgan fingerprint density at radius 2 is 1.44 bits per heavy atom. The predicted molar refractivity (Wildman–Crippen MR) is 83.9 cm³/mol. The van der Waals surface area contributed by atoms with Crippen LogP contribution in [0.4, 0.5) is 0 Å². The van der Waals surface area contributed by atoms with Crippen LogP contribution < -0.4 is 16.5 Å². The second kappa shape index (κ2) is 9.91. The van der Waals surface area contributed by atoms with Crippen molar-refractivity contribution >= 4 is 23.8 Å². The summed E-state index contributed by atoms with van der Waals surface area (Å²) >= 11 is 0. The molecule has 0 unspecified atom stereocenters. The van der Waals surface area contributed by atoms with Crippen LogP contribution in [0.2, 0.25) is 0 Å². The van der Waals surface area contributed by atoms with Crippen molar-refractivity contribution < 1.29 is 39.3 Å². The summed E-state index contributed by atoms with van der Waals surface area (Å²) < 4.78 is 0. The fraction of sp³-hybridized carbons (Fsp3) is 0.714. The van der Waals surface area contributed by atoms with E-state index in [0.29, 0.717) is 0 Å². The molecular weight excluding hydrogens is 338 g/mol. The average molecular weight is 363 g/mol. The zero-order valence-corrected chi connectivity index (χ0v) is 14.4. The van der Waals surface area contributed by atoms with Crippen molar-refractivity contribution in [2.75, 3.05) is 0 Å². The topological polar surface area (TPSA) is 188 Å². The highest BCUT2D eigenvalue weighted by Gasteiger charge is 2.35. The molecule has 144 valence electrons. The van der Waals surface area contributed by atoms with Crippen molar-refractivity contribution in [3.63, 3.8) is 0 Å². The van der Waals surface area contributed by atoms with Gasteiger partial charge in [-0.1, -0.05) is 27.7 Å². The Morgan fingerprint density at radius 3 is 1.80 bits per heavy atom. The van der Waals surface area contributed by atoms with Crippen molar-refractivity contribution in [3.05, 3.63) is 0 Å². The molecule has 0 spiro atoms. The van der Waals surface area contributed by atoms with Gasteiger partial charge in [-0.2, -0.15) is 0 Å². The first kappa shape index (κ1) is 22.8. The maximum atomic E-state index is 12.1. The van der Waals surface area contributed by atoms with Gasteiger partial charge in [0.25, 0.3) is 5.91 Å². The Hall–Kier alpha value is -2.24. The fourth-order valence-corrected chi connectivity index (χ4v) is 1.65. The number of carboxylic acids is 2. The zero-order chi connectivity index (χ0) is 19.9. The van der Waals surface area contributed by atoms with Gasteiger partial charge in [-0.15, -0.1) is 0 Å². The monoisotopic (exact) mass is 363 g/mol. The Balaban J connectivity index is 4.98. The largest absolute Gasteiger partial charge is 0.479 e. The standard InChI is InChI=1S/C14H25N3O8/c1-5(2)7(15)11(19)16-8(6(3)4)12(20)17-25-10(14(23)24)9(18)13(21)22/h5-10,18H,15H2,1-4H3,(H,16,19)(H,17,20)(H,21,22)(H,23,24)/t7-,8-,9+,10-/m0/s1. The highest BCUT2D eigenvalue weighted by atomic mass is 16.7. The minimum absolute atomic E-state index is 0.172. The summed E-state index contributed by atoms with van der Waals surface area (Å²) in [5.74, 6) is -5.69. The molecule has 0 radical (unpaired) electrons. The summed E-state index contributed by atoms with van der Waals surface area (Å²) in [4.78, 5) is 50.2. The van der Waals surface area contributed by atoms with Crippen molar-refractivity contribution in [1.29, 1.82) is 0 Å². The highest BCUT2D eigenvalue weighted by molar-refractivity contribution is 5.90. The molecule has 0 aliphatic heterocycles. The minimum Gasteiger partial charge on any atom is -0.479 e. The molecule has 0 saturated heterocycles. The molecule has 0 aromatic carbocycles. The molecule has 0 saturated carbocycles. The summed E-state index contributed by atoms with van der Waals surface area (Å²) in [6, 6.07) is -1.95. The lowest BCUT2D eigenvalue weighted by Gasteiger charge is -2.25. The average Bonchev–Trinajstić information content (AvgIpc) is 2.50. The molecule has 7 N–H and O–H groups in total. The van der Waals surface area contributed by atoms with Gasteiger partial charge in [0.2, 0.25) is 12.0 Å². The molecule has 25 heavy (non-hydrogen) atoms. The summed E-state index contributed by atoms with van der Waals surface area (Å²) in [6.07, 6.45) is -4.61. The fourth-order valence-electron chi connectivity index (χ4n) is 1.65. The first-order chi connectivity index (χ1) is 11.4. The Kier molecular flexibility index (Phi) is 9.02. The van der Waals surface area contributed by atoms with Crippen LogP contribution in [0.5, 0.6) is 0 Å². The molecule has 2 amide bonds. The molecular formula is C14H25N3O8. The van der Waals surface area contributed by atoms with Crippen molar-refractivity contribution in [1.82, 2.24) is 10.8 Å². The van der Waals surface area contributed by atoms with Gasteiger partial charge < -0.3 is 26.4 Å². The van der Waals surface area contributed by atoms with Crippen LogP contribution in [0.25, 0.3) is 0 Å². The van der Waals surface area contributed by atoms with Gasteiger partial charge in [-0.25, -0.2) is 15.1 Å². The summed E-state index contributed by atoms with van der Waals surface area (Å²) in [7, 11) is 0. The number of aliphatic hydroxyl groups excluding tert-OH is 1. The van der Waals surface area contributed by atoms with Gasteiger partial charge in [0.05, 0.1) is 6.04 Å². The Bertz CT molecular complexity index is 508. The maximum Gasteiger partial charge on any atom is 0.339 e. The number of nitrogens with two attached hydrogens (primary N) is 1. The van der Waals surface area contributed by atoms with E-state index in [-0.39, 0.29) is 5.92 Å². The van der Waals surface area contributed by atoms with E-state index in [1.54, 1.807) is 33.2 Å². The number of carbonyl (C=O) groups excluding carboxylic acids is 2. The quantitative estimate of drug-likeness (QED) is 0.240. The first-order valence-corrected chi connectivity index (χ1v) is 7.55. The van der Waals surface area contributed by atoms with Crippen LogP contribution >= 0.6 is 0 Å². The molecule has 0 aliphatic rings. The van der Waals surface area contributed by atoms with Crippen LogP contribution in [0, 0.1) is 11.8 Å². The zero-order valence-electron chi connectivity index (χ0n) is 14.4. The van der Waals surface area contributed by atoms with Crippen LogP contribution in [0.3, 0.4) is 0 Å². The van der Waals surface area contributed by atoms with Gasteiger partial charge in [0.1, 0.15) is 6.04 Å². The number of carboxylic acid groups (broad SMARTS) is 2. The highest BCUT2D eigenvalue weighted by Crippen LogP contribution is 2.06. The van der Waals surface area contributed by atoms with E-state index in [2.05, 4.69) is 10.2 Å². The lowest BCUT2D eigenvalue weighted by molar-refractivity contribution is -0.181. The molecule has 11 heteroatoms. The Morgan fingerprint density at radius 1 is 0.920 bits per heavy atom. The number of hydroxylamine groups is 1. The van der Waals surface area contributed by atoms with E-state index in [9.17, 15) is 24.3 Å². The SMILES string of the molecule is CC(C)[C@H](N)C(=O)N[C@H](C(=O)NO[C@H](C(=O)O)[C@@H](O)C(=O)O)C(C)C. The number of aliphatic carboxylic acids is 2. The maximum absolute atomic E-state index is 12.1. The van der Waals surface area contributed by atoms with Crippen LogP contribution in [-0.4, -0.2) is 63.4 Å².